The fourth-order valence-corrected chi connectivity index (χ4v) is 12.5. The molecule has 1 aromatic carbocycles. The Labute approximate surface area is 534 Å². The zero-order valence-corrected chi connectivity index (χ0v) is 56.0. The van der Waals surface area contributed by atoms with Gasteiger partial charge in [-0.3, -0.25) is 52.7 Å². The summed E-state index contributed by atoms with van der Waals surface area (Å²) in [5.41, 5.74) is -2.54. The number of nitrogens with one attached hydrogen (secondary N) is 4. The van der Waals surface area contributed by atoms with Gasteiger partial charge in [-0.25, -0.2) is 0 Å². The van der Waals surface area contributed by atoms with Crippen LogP contribution in [0.1, 0.15) is 150 Å². The van der Waals surface area contributed by atoms with E-state index in [1.165, 1.54) is 81.0 Å². The summed E-state index contributed by atoms with van der Waals surface area (Å²) in [4.78, 5) is 167. The van der Waals surface area contributed by atoms with Crippen LogP contribution in [-0.2, 0) is 65.3 Å². The van der Waals surface area contributed by atoms with E-state index in [1.54, 1.807) is 27.7 Å². The number of hydrogen-bond donors (Lipinski definition) is 4. The van der Waals surface area contributed by atoms with Gasteiger partial charge in [0.2, 0.25) is 65.0 Å². The van der Waals surface area contributed by atoms with E-state index < -0.39 is 161 Å². The summed E-state index contributed by atoms with van der Waals surface area (Å²) in [5.74, 6) is -8.30. The second-order valence-electron chi connectivity index (χ2n) is 26.1. The molecule has 3 fully saturated rings. The number of halogens is 4. The summed E-state index contributed by atoms with van der Waals surface area (Å²) in [5, 5.41) is 10.7. The molecule has 0 radical (unpaired) electrons. The molecular formula is C64H99ClF3N11O11. The van der Waals surface area contributed by atoms with E-state index >= 15 is 0 Å². The van der Waals surface area contributed by atoms with E-state index in [0.29, 0.717) is 18.4 Å². The van der Waals surface area contributed by atoms with Crippen molar-refractivity contribution in [2.24, 2.45) is 23.7 Å². The van der Waals surface area contributed by atoms with Crippen molar-refractivity contribution in [1.29, 1.82) is 0 Å². The second kappa shape index (κ2) is 33.5. The van der Waals surface area contributed by atoms with Crippen molar-refractivity contribution in [2.45, 2.75) is 199 Å². The van der Waals surface area contributed by atoms with Gasteiger partial charge in [-0.2, -0.15) is 13.2 Å². The molecule has 1 saturated carbocycles. The second-order valence-corrected chi connectivity index (χ2v) is 26.5. The van der Waals surface area contributed by atoms with Crippen LogP contribution in [0.15, 0.2) is 30.9 Å². The van der Waals surface area contributed by atoms with Crippen LogP contribution in [0.3, 0.4) is 0 Å². The van der Waals surface area contributed by atoms with Crippen molar-refractivity contribution in [1.82, 2.24) is 55.6 Å². The number of rotatable bonds is 12. The molecule has 4 rings (SSSR count). The molecular weight excluding hydrogens is 1190 g/mol. The minimum atomic E-state index is -4.75. The van der Waals surface area contributed by atoms with Crippen molar-refractivity contribution in [3.63, 3.8) is 0 Å². The van der Waals surface area contributed by atoms with Crippen LogP contribution >= 0.6 is 11.6 Å². The molecule has 22 nitrogen and oxygen atoms in total. The number of nitrogens with zero attached hydrogens (tertiary/aromatic N) is 7. The van der Waals surface area contributed by atoms with Crippen molar-refractivity contribution in [3.8, 4) is 0 Å². The maximum atomic E-state index is 14.9. The first-order chi connectivity index (χ1) is 42.0. The van der Waals surface area contributed by atoms with Crippen LogP contribution in [0, 0.1) is 23.7 Å². The van der Waals surface area contributed by atoms with Crippen molar-refractivity contribution in [3.05, 3.63) is 47.0 Å². The number of carbonyl (C=O) groups excluding carboxylic acids is 11. The van der Waals surface area contributed by atoms with Crippen molar-refractivity contribution >= 4 is 76.6 Å². The van der Waals surface area contributed by atoms with E-state index in [1.807, 2.05) is 20.8 Å². The Morgan fingerprint density at radius 2 is 1.32 bits per heavy atom. The van der Waals surface area contributed by atoms with Gasteiger partial charge in [0.15, 0.2) is 0 Å². The summed E-state index contributed by atoms with van der Waals surface area (Å²) < 4.78 is 41.2. The average molecular weight is 1290 g/mol. The molecule has 9 atom stereocenters. The lowest BCUT2D eigenvalue weighted by atomic mass is 9.84. The molecule has 1 aromatic rings. The number of fused-ring (bicyclic) bond motifs is 1. The Bertz CT molecular complexity index is 2760. The van der Waals surface area contributed by atoms with E-state index in [2.05, 4.69) is 27.8 Å². The molecule has 0 bridgehead atoms. The van der Waals surface area contributed by atoms with E-state index in [9.17, 15) is 65.9 Å². The van der Waals surface area contributed by atoms with Gasteiger partial charge in [-0.1, -0.05) is 104 Å². The lowest BCUT2D eigenvalue weighted by Gasteiger charge is -2.39. The maximum Gasteiger partial charge on any atom is 0.417 e. The van der Waals surface area contributed by atoms with Gasteiger partial charge in [0.05, 0.1) is 30.2 Å². The number of aryl methyl sites for hydroxylation is 1. The van der Waals surface area contributed by atoms with Crippen LogP contribution in [0.5, 0.6) is 0 Å². The molecule has 4 N–H and O–H groups in total. The molecule has 0 unspecified atom stereocenters. The first-order valence-electron chi connectivity index (χ1n) is 31.5. The largest absolute Gasteiger partial charge is 0.417 e. The van der Waals surface area contributed by atoms with Crippen LogP contribution in [0.4, 0.5) is 13.2 Å². The highest BCUT2D eigenvalue weighted by Crippen LogP contribution is 2.36. The van der Waals surface area contributed by atoms with Gasteiger partial charge in [-0.05, 0) is 100 Å². The summed E-state index contributed by atoms with van der Waals surface area (Å²) in [6.45, 7) is 16.0. The molecule has 90 heavy (non-hydrogen) atoms. The highest BCUT2D eigenvalue weighted by Gasteiger charge is 2.46. The van der Waals surface area contributed by atoms with Gasteiger partial charge in [0, 0.05) is 61.3 Å². The minimum Gasteiger partial charge on any atom is -0.351 e. The number of benzene rings is 1. The zero-order chi connectivity index (χ0) is 67.9. The lowest BCUT2D eigenvalue weighted by Crippen LogP contribution is -2.64. The first kappa shape index (κ1) is 75.7. The van der Waals surface area contributed by atoms with Gasteiger partial charge >= 0.3 is 6.18 Å². The number of amides is 11. The third-order valence-corrected chi connectivity index (χ3v) is 18.1. The number of carbonyl (C=O) groups is 11. The molecule has 11 amide bonds. The normalized spacial score (nSPS) is 26.6. The third-order valence-electron chi connectivity index (χ3n) is 17.8. The van der Waals surface area contributed by atoms with Gasteiger partial charge in [0.25, 0.3) is 0 Å². The Morgan fingerprint density at radius 1 is 0.711 bits per heavy atom. The van der Waals surface area contributed by atoms with Crippen molar-refractivity contribution in [2.75, 3.05) is 68.5 Å². The summed E-state index contributed by atoms with van der Waals surface area (Å²) >= 11 is 6.10. The molecule has 0 spiro atoms. The summed E-state index contributed by atoms with van der Waals surface area (Å²) in [7, 11) is 8.43. The van der Waals surface area contributed by atoms with Crippen LogP contribution < -0.4 is 21.3 Å². The zero-order valence-electron chi connectivity index (χ0n) is 55.2. The first-order valence-corrected chi connectivity index (χ1v) is 31.9. The Morgan fingerprint density at radius 3 is 1.90 bits per heavy atom. The molecule has 26 heteroatoms. The molecule has 504 valence electrons. The SMILES string of the molecule is C=CC[C@@]1(C)NC(=O)[C@@H]2CCCN2C(=O)[C@H](CCc2ccc(C(F)(F)F)c(Cl)c2)NC(=O)CN(C)C(=O)[C@H](CC2CCCCC2)N(C)C(=O)CN(C)C(=O)CN(C)C(=O)[C@H]([C@@H](C)CC)NC(=O)[C@H](CC(C)C)N(C)C(=O)C[C@@H](C)NC(=O)[C@H](C(C)C)N(C)C1=O. The van der Waals surface area contributed by atoms with Gasteiger partial charge < -0.3 is 55.6 Å². The molecule has 2 aliphatic heterocycles. The maximum absolute atomic E-state index is 14.9. The average Bonchev–Trinajstić information content (AvgIpc) is 1.30. The summed E-state index contributed by atoms with van der Waals surface area (Å²) in [6.07, 6.45) is 1.60. The molecule has 2 saturated heterocycles. The third kappa shape index (κ3) is 20.4. The van der Waals surface area contributed by atoms with Gasteiger partial charge in [0.1, 0.15) is 41.8 Å². The molecule has 2 heterocycles. The number of likely N-dealkylation sites (N-methyl/N-ethyl adjacent to an activating group) is 6. The van der Waals surface area contributed by atoms with E-state index in [-0.39, 0.29) is 63.3 Å². The molecule has 1 aliphatic carbocycles. The fraction of sp³-hybridized carbons (Fsp3) is 0.703. The lowest BCUT2D eigenvalue weighted by molar-refractivity contribution is -0.149. The van der Waals surface area contributed by atoms with Crippen LogP contribution in [0.25, 0.3) is 0 Å². The Balaban J connectivity index is 1.81. The van der Waals surface area contributed by atoms with E-state index in [4.69, 9.17) is 11.6 Å². The van der Waals surface area contributed by atoms with Crippen molar-refractivity contribution < 1.29 is 65.9 Å². The monoisotopic (exact) mass is 1290 g/mol. The standard InChI is InChI=1S/C64H99ClF3N11O11/c1-16-29-63(9)62(90)78(15)55(39(5)6)58(86)69-41(8)32-51(81)76(13)48(31-38(3)4)56(84)71-54(40(7)17-2)61(89)75(12)36-52(82)73(10)37-53(83)77(14)49(34-42-22-19-18-20-23-42)60(88)74(11)35-50(80)70-46(59(87)79-30-21-24-47(79)57(85)72-63)28-26-43-25-27-44(45(65)33-43)64(66,67)68/h16,25,27,33,38-42,46-49,54-55H,1,17-24,26,28-32,34-37H2,2-15H3,(H,69,86)(H,70,80)(H,71,84)(H,72,85)/t40-,41+,46-,47-,48-,49-,54-,55-,63+/m0/s1. The predicted molar refractivity (Wildman–Crippen MR) is 334 cm³/mol. The Kier molecular flexibility index (Phi) is 28.2. The smallest absolute Gasteiger partial charge is 0.351 e. The van der Waals surface area contributed by atoms with E-state index in [0.717, 1.165) is 58.9 Å². The molecule has 0 aromatic heterocycles. The fourth-order valence-electron chi connectivity index (χ4n) is 12.2. The highest BCUT2D eigenvalue weighted by atomic mass is 35.5. The quantitative estimate of drug-likeness (QED) is 0.198. The Hall–Kier alpha value is -6.79. The van der Waals surface area contributed by atoms with Gasteiger partial charge in [-0.15, -0.1) is 6.58 Å². The topological polar surface area (TPSA) is 259 Å². The molecule has 3 aliphatic rings. The highest BCUT2D eigenvalue weighted by molar-refractivity contribution is 6.31. The van der Waals surface area contributed by atoms with Crippen LogP contribution in [-0.4, -0.2) is 216 Å². The minimum absolute atomic E-state index is 0.0228. The number of hydrogen-bond acceptors (Lipinski definition) is 11. The van der Waals surface area contributed by atoms with Crippen LogP contribution in [0.2, 0.25) is 5.02 Å². The summed E-state index contributed by atoms with van der Waals surface area (Å²) in [6, 6.07) is -4.84. The predicted octanol–water partition coefficient (Wildman–Crippen LogP) is 5.19. The number of alkyl halides is 3.